The van der Waals surface area contributed by atoms with Crippen molar-refractivity contribution in [3.8, 4) is 5.75 Å². The van der Waals surface area contributed by atoms with Crippen molar-refractivity contribution in [3.05, 3.63) is 47.3 Å². The van der Waals surface area contributed by atoms with Crippen LogP contribution < -0.4 is 4.74 Å². The summed E-state index contributed by atoms with van der Waals surface area (Å²) >= 11 is 0. The van der Waals surface area contributed by atoms with Gasteiger partial charge in [0.25, 0.3) is 5.91 Å². The number of amides is 1. The number of methoxy groups -OCH3 is 1. The number of carbonyl (C=O) groups is 1. The van der Waals surface area contributed by atoms with Crippen molar-refractivity contribution in [1.82, 2.24) is 20.0 Å². The number of piperidine rings is 1. The number of rotatable bonds is 6. The molecule has 1 amide bonds. The summed E-state index contributed by atoms with van der Waals surface area (Å²) < 4.78 is 5.26. The predicted molar refractivity (Wildman–Crippen MR) is 108 cm³/mol. The zero-order valence-corrected chi connectivity index (χ0v) is 16.9. The third kappa shape index (κ3) is 3.92. The first-order valence-corrected chi connectivity index (χ1v) is 10.4. The summed E-state index contributed by atoms with van der Waals surface area (Å²) in [6.07, 6.45) is 5.88. The standard InChI is InChI=1S/C22H30N4O2/c1-3-4-21-20(11-23-24-21)22(27)26-14-17-5-8-18(26)15-25(13-17)12-16-6-9-19(28-2)10-7-16/h6-7,9-11,17-18H,3-5,8,12-15H2,1-2H3,(H,23,24)/t17-,18+/m0/s1. The minimum atomic E-state index is 0.151. The van der Waals surface area contributed by atoms with Crippen molar-refractivity contribution in [3.63, 3.8) is 0 Å². The van der Waals surface area contributed by atoms with Crippen molar-refractivity contribution in [1.29, 1.82) is 0 Å². The van der Waals surface area contributed by atoms with E-state index in [0.717, 1.165) is 62.4 Å². The Hall–Kier alpha value is -2.34. The van der Waals surface area contributed by atoms with Gasteiger partial charge in [-0.2, -0.15) is 5.10 Å². The largest absolute Gasteiger partial charge is 0.497 e. The fourth-order valence-electron chi connectivity index (χ4n) is 4.64. The van der Waals surface area contributed by atoms with Gasteiger partial charge in [0.2, 0.25) is 0 Å². The molecule has 0 saturated carbocycles. The Morgan fingerprint density at radius 1 is 1.21 bits per heavy atom. The van der Waals surface area contributed by atoms with Gasteiger partial charge in [0.15, 0.2) is 0 Å². The van der Waals surface area contributed by atoms with E-state index in [1.165, 1.54) is 12.0 Å². The van der Waals surface area contributed by atoms with E-state index in [1.54, 1.807) is 13.3 Å². The number of nitrogens with one attached hydrogen (secondary N) is 1. The number of aromatic amines is 1. The second kappa shape index (κ2) is 8.35. The lowest BCUT2D eigenvalue weighted by Crippen LogP contribution is -2.47. The van der Waals surface area contributed by atoms with Gasteiger partial charge in [-0.05, 0) is 42.9 Å². The molecule has 1 aromatic heterocycles. The molecule has 5 rings (SSSR count). The van der Waals surface area contributed by atoms with Crippen LogP contribution in [0.1, 0.15) is 47.8 Å². The molecule has 1 aromatic carbocycles. The fourth-order valence-corrected chi connectivity index (χ4v) is 4.64. The van der Waals surface area contributed by atoms with E-state index in [9.17, 15) is 4.79 Å². The van der Waals surface area contributed by atoms with Crippen molar-refractivity contribution in [2.24, 2.45) is 5.92 Å². The fraction of sp³-hybridized carbons (Fsp3) is 0.545. The summed E-state index contributed by atoms with van der Waals surface area (Å²) in [6.45, 7) is 5.90. The number of benzene rings is 1. The lowest BCUT2D eigenvalue weighted by Gasteiger charge is -2.36. The zero-order valence-electron chi connectivity index (χ0n) is 16.9. The van der Waals surface area contributed by atoms with Crippen molar-refractivity contribution >= 4 is 5.91 Å². The number of ether oxygens (including phenoxy) is 1. The van der Waals surface area contributed by atoms with Gasteiger partial charge >= 0.3 is 0 Å². The highest BCUT2D eigenvalue weighted by Gasteiger charge is 2.38. The Morgan fingerprint density at radius 3 is 2.79 bits per heavy atom. The molecule has 6 heteroatoms. The second-order valence-corrected chi connectivity index (χ2v) is 8.11. The van der Waals surface area contributed by atoms with E-state index in [0.29, 0.717) is 5.92 Å². The number of fused-ring (bicyclic) bond motifs is 4. The molecule has 0 unspecified atom stereocenters. The summed E-state index contributed by atoms with van der Waals surface area (Å²) in [5.41, 5.74) is 3.03. The highest BCUT2D eigenvalue weighted by Crippen LogP contribution is 2.30. The maximum absolute atomic E-state index is 13.3. The molecule has 2 bridgehead atoms. The minimum absolute atomic E-state index is 0.151. The summed E-state index contributed by atoms with van der Waals surface area (Å²) in [5, 5.41) is 7.15. The second-order valence-electron chi connectivity index (χ2n) is 8.11. The molecule has 6 nitrogen and oxygen atoms in total. The van der Waals surface area contributed by atoms with Crippen molar-refractivity contribution in [2.75, 3.05) is 26.7 Å². The lowest BCUT2D eigenvalue weighted by molar-refractivity contribution is 0.0584. The average Bonchev–Trinajstić information content (AvgIpc) is 3.00. The molecule has 1 N–H and O–H groups in total. The van der Waals surface area contributed by atoms with Crippen LogP contribution in [0.3, 0.4) is 0 Å². The molecule has 3 fully saturated rings. The van der Waals surface area contributed by atoms with Crippen LogP contribution >= 0.6 is 0 Å². The molecular formula is C22H30N4O2. The third-order valence-electron chi connectivity index (χ3n) is 6.06. The van der Waals surface area contributed by atoms with E-state index >= 15 is 0 Å². The summed E-state index contributed by atoms with van der Waals surface area (Å²) in [7, 11) is 1.69. The van der Waals surface area contributed by atoms with Crippen LogP contribution in [0.2, 0.25) is 0 Å². The van der Waals surface area contributed by atoms with Gasteiger partial charge in [0, 0.05) is 37.9 Å². The van der Waals surface area contributed by atoms with Gasteiger partial charge in [-0.1, -0.05) is 25.5 Å². The Balaban J connectivity index is 1.46. The molecule has 4 heterocycles. The summed E-state index contributed by atoms with van der Waals surface area (Å²) in [5.74, 6) is 1.58. The van der Waals surface area contributed by atoms with E-state index < -0.39 is 0 Å². The molecule has 0 spiro atoms. The number of hydrogen-bond acceptors (Lipinski definition) is 4. The molecule has 28 heavy (non-hydrogen) atoms. The van der Waals surface area contributed by atoms with Crippen LogP contribution in [-0.2, 0) is 13.0 Å². The van der Waals surface area contributed by atoms with Crippen LogP contribution in [0.5, 0.6) is 5.75 Å². The highest BCUT2D eigenvalue weighted by molar-refractivity contribution is 5.95. The first kappa shape index (κ1) is 19.0. The molecule has 2 aromatic rings. The smallest absolute Gasteiger partial charge is 0.257 e. The minimum Gasteiger partial charge on any atom is -0.497 e. The normalized spacial score (nSPS) is 22.3. The van der Waals surface area contributed by atoms with Crippen LogP contribution in [0.4, 0.5) is 0 Å². The lowest BCUT2D eigenvalue weighted by atomic mass is 9.94. The van der Waals surface area contributed by atoms with Gasteiger partial charge in [-0.3, -0.25) is 14.8 Å². The van der Waals surface area contributed by atoms with E-state index in [-0.39, 0.29) is 11.9 Å². The molecule has 3 aliphatic rings. The maximum atomic E-state index is 13.3. The first-order chi connectivity index (χ1) is 13.7. The first-order valence-electron chi connectivity index (χ1n) is 10.4. The monoisotopic (exact) mass is 382 g/mol. The number of H-pyrrole nitrogens is 1. The molecule has 0 radical (unpaired) electrons. The topological polar surface area (TPSA) is 61.5 Å². The molecule has 150 valence electrons. The van der Waals surface area contributed by atoms with Gasteiger partial charge in [-0.25, -0.2) is 0 Å². The van der Waals surface area contributed by atoms with E-state index in [4.69, 9.17) is 4.74 Å². The Morgan fingerprint density at radius 2 is 2.04 bits per heavy atom. The Bertz CT molecular complexity index is 801. The Labute approximate surface area is 166 Å². The van der Waals surface area contributed by atoms with Gasteiger partial charge in [0.05, 0.1) is 18.9 Å². The van der Waals surface area contributed by atoms with Crippen LogP contribution in [0.25, 0.3) is 0 Å². The SMILES string of the molecule is CCCc1[nH]ncc1C(=O)N1C[C@H]2CC[C@@H]1CN(Cc1ccc(OC)cc1)C2. The maximum Gasteiger partial charge on any atom is 0.257 e. The highest BCUT2D eigenvalue weighted by atomic mass is 16.5. The number of aryl methyl sites for hydroxylation is 1. The van der Waals surface area contributed by atoms with Crippen LogP contribution in [0, 0.1) is 5.92 Å². The summed E-state index contributed by atoms with van der Waals surface area (Å²) in [4.78, 5) is 17.9. The van der Waals surface area contributed by atoms with E-state index in [1.807, 2.05) is 12.1 Å². The quantitative estimate of drug-likeness (QED) is 0.834. The Kier molecular flexibility index (Phi) is 5.67. The van der Waals surface area contributed by atoms with E-state index in [2.05, 4.69) is 39.1 Å². The van der Waals surface area contributed by atoms with Gasteiger partial charge in [0.1, 0.15) is 5.75 Å². The van der Waals surface area contributed by atoms with Crippen LogP contribution in [-0.4, -0.2) is 58.7 Å². The number of aromatic nitrogens is 2. The number of carbonyl (C=O) groups excluding carboxylic acids is 1. The third-order valence-corrected chi connectivity index (χ3v) is 6.06. The van der Waals surface area contributed by atoms with Crippen molar-refractivity contribution < 1.29 is 9.53 Å². The molecular weight excluding hydrogens is 352 g/mol. The van der Waals surface area contributed by atoms with Crippen molar-refractivity contribution in [2.45, 2.75) is 45.2 Å². The zero-order chi connectivity index (χ0) is 19.5. The average molecular weight is 383 g/mol. The van der Waals surface area contributed by atoms with Crippen LogP contribution in [0.15, 0.2) is 30.5 Å². The van der Waals surface area contributed by atoms with Gasteiger partial charge < -0.3 is 9.64 Å². The molecule has 2 atom stereocenters. The summed E-state index contributed by atoms with van der Waals surface area (Å²) in [6, 6.07) is 8.60. The molecule has 3 saturated heterocycles. The predicted octanol–water partition coefficient (Wildman–Crippen LogP) is 3.11. The number of nitrogens with zero attached hydrogens (tertiary/aromatic N) is 3. The van der Waals surface area contributed by atoms with Gasteiger partial charge in [-0.15, -0.1) is 0 Å². The number of hydrogen-bond donors (Lipinski definition) is 1. The molecule has 3 aliphatic heterocycles. The molecule has 0 aliphatic carbocycles.